The molecule has 0 saturated heterocycles. The molecular weight excluding hydrogens is 267 g/mol. The first-order valence-corrected chi connectivity index (χ1v) is 6.35. The van der Waals surface area contributed by atoms with E-state index in [1.54, 1.807) is 13.0 Å². The molecule has 3 N–H and O–H groups in total. The largest absolute Gasteiger partial charge is 0.348 e. The van der Waals surface area contributed by atoms with Crippen LogP contribution in [0.1, 0.15) is 42.1 Å². The van der Waals surface area contributed by atoms with Gasteiger partial charge in [-0.15, -0.1) is 12.4 Å². The minimum atomic E-state index is -0.399. The third-order valence-corrected chi connectivity index (χ3v) is 2.97. The lowest BCUT2D eigenvalue weighted by Gasteiger charge is -2.17. The normalized spacial score (nSPS) is 11.6. The van der Waals surface area contributed by atoms with E-state index in [4.69, 9.17) is 5.73 Å². The van der Waals surface area contributed by atoms with E-state index in [0.29, 0.717) is 12.1 Å². The first kappa shape index (κ1) is 17.9. The molecule has 1 atom stereocenters. The van der Waals surface area contributed by atoms with Crippen LogP contribution in [0, 0.1) is 12.7 Å². The number of hydrogen-bond donors (Lipinski definition) is 2. The van der Waals surface area contributed by atoms with Crippen LogP contribution >= 0.6 is 12.4 Å². The van der Waals surface area contributed by atoms with E-state index in [-0.39, 0.29) is 24.4 Å². The van der Waals surface area contributed by atoms with Crippen LogP contribution in [0.3, 0.4) is 0 Å². The van der Waals surface area contributed by atoms with Crippen molar-refractivity contribution in [1.29, 1.82) is 0 Å². The van der Waals surface area contributed by atoms with Crippen LogP contribution in [0.15, 0.2) is 18.2 Å². The zero-order chi connectivity index (χ0) is 13.5. The Labute approximate surface area is 120 Å². The SMILES string of the molecule is CCCCC(CN)NC(=O)c1cc(F)ccc1C.Cl. The van der Waals surface area contributed by atoms with Crippen LogP contribution in [-0.4, -0.2) is 18.5 Å². The molecule has 1 rings (SSSR count). The lowest BCUT2D eigenvalue weighted by molar-refractivity contribution is 0.0934. The van der Waals surface area contributed by atoms with E-state index < -0.39 is 5.82 Å². The molecule has 0 spiro atoms. The predicted molar refractivity (Wildman–Crippen MR) is 78.2 cm³/mol. The van der Waals surface area contributed by atoms with Crippen molar-refractivity contribution in [3.63, 3.8) is 0 Å². The zero-order valence-corrected chi connectivity index (χ0v) is 12.2. The Morgan fingerprint density at radius 3 is 2.74 bits per heavy atom. The fourth-order valence-corrected chi connectivity index (χ4v) is 1.80. The number of halogens is 2. The Hall–Kier alpha value is -1.13. The van der Waals surface area contributed by atoms with Gasteiger partial charge in [-0.05, 0) is 31.0 Å². The van der Waals surface area contributed by atoms with Crippen LogP contribution in [0.4, 0.5) is 4.39 Å². The van der Waals surface area contributed by atoms with E-state index in [1.807, 2.05) is 0 Å². The van der Waals surface area contributed by atoms with Crippen molar-refractivity contribution < 1.29 is 9.18 Å². The number of benzene rings is 1. The molecule has 0 aliphatic heterocycles. The molecular formula is C14H22ClFN2O. The Morgan fingerprint density at radius 1 is 1.47 bits per heavy atom. The molecule has 1 aromatic carbocycles. The Morgan fingerprint density at radius 2 is 2.16 bits per heavy atom. The maximum atomic E-state index is 13.1. The minimum Gasteiger partial charge on any atom is -0.348 e. The minimum absolute atomic E-state index is 0. The van der Waals surface area contributed by atoms with E-state index in [1.165, 1.54) is 12.1 Å². The fourth-order valence-electron chi connectivity index (χ4n) is 1.80. The number of hydrogen-bond acceptors (Lipinski definition) is 2. The van der Waals surface area contributed by atoms with E-state index in [9.17, 15) is 9.18 Å². The van der Waals surface area contributed by atoms with Gasteiger partial charge >= 0.3 is 0 Å². The molecule has 5 heteroatoms. The average molecular weight is 289 g/mol. The van der Waals surface area contributed by atoms with Gasteiger partial charge < -0.3 is 11.1 Å². The molecule has 0 saturated carbocycles. The molecule has 0 heterocycles. The number of rotatable bonds is 6. The Kier molecular flexibility index (Phi) is 8.35. The molecule has 0 radical (unpaired) electrons. The molecule has 108 valence electrons. The van der Waals surface area contributed by atoms with Gasteiger partial charge in [-0.2, -0.15) is 0 Å². The third-order valence-electron chi connectivity index (χ3n) is 2.97. The van der Waals surface area contributed by atoms with Crippen LogP contribution in [0.25, 0.3) is 0 Å². The summed E-state index contributed by atoms with van der Waals surface area (Å²) in [5.41, 5.74) is 6.76. The second-order valence-corrected chi connectivity index (χ2v) is 4.51. The molecule has 0 aliphatic rings. The fraction of sp³-hybridized carbons (Fsp3) is 0.500. The first-order valence-electron chi connectivity index (χ1n) is 6.35. The number of nitrogens with two attached hydrogens (primary N) is 1. The molecule has 0 fully saturated rings. The Balaban J connectivity index is 0.00000324. The van der Waals surface area contributed by atoms with E-state index >= 15 is 0 Å². The summed E-state index contributed by atoms with van der Waals surface area (Å²) in [6.45, 7) is 4.28. The molecule has 1 unspecified atom stereocenters. The predicted octanol–water partition coefficient (Wildman–Crippen LogP) is 2.80. The molecule has 1 aromatic rings. The average Bonchev–Trinajstić information content (AvgIpc) is 2.37. The van der Waals surface area contributed by atoms with Gasteiger partial charge in [-0.3, -0.25) is 4.79 Å². The van der Waals surface area contributed by atoms with Crippen LogP contribution in [0.5, 0.6) is 0 Å². The third kappa shape index (κ3) is 5.57. The summed E-state index contributed by atoms with van der Waals surface area (Å²) >= 11 is 0. The van der Waals surface area contributed by atoms with Gasteiger partial charge in [0.2, 0.25) is 0 Å². The summed E-state index contributed by atoms with van der Waals surface area (Å²) in [6.07, 6.45) is 2.93. The summed E-state index contributed by atoms with van der Waals surface area (Å²) in [4.78, 5) is 12.0. The molecule has 19 heavy (non-hydrogen) atoms. The first-order chi connectivity index (χ1) is 8.58. The summed E-state index contributed by atoms with van der Waals surface area (Å²) in [7, 11) is 0. The van der Waals surface area contributed by atoms with Gasteiger partial charge in [-0.1, -0.05) is 25.8 Å². The number of nitrogens with one attached hydrogen (secondary N) is 1. The van der Waals surface area contributed by atoms with Crippen molar-refractivity contribution in [3.8, 4) is 0 Å². The number of aryl methyl sites for hydroxylation is 1. The Bertz CT molecular complexity index is 412. The van der Waals surface area contributed by atoms with Gasteiger partial charge in [0, 0.05) is 18.2 Å². The number of carbonyl (C=O) groups is 1. The van der Waals surface area contributed by atoms with Crippen LogP contribution in [0.2, 0.25) is 0 Å². The smallest absolute Gasteiger partial charge is 0.251 e. The quantitative estimate of drug-likeness (QED) is 0.846. The molecule has 0 aliphatic carbocycles. The van der Waals surface area contributed by atoms with Crippen molar-refractivity contribution in [1.82, 2.24) is 5.32 Å². The van der Waals surface area contributed by atoms with E-state index in [2.05, 4.69) is 12.2 Å². The van der Waals surface area contributed by atoms with Gasteiger partial charge in [0.15, 0.2) is 0 Å². The summed E-state index contributed by atoms with van der Waals surface area (Å²) < 4.78 is 13.1. The van der Waals surface area contributed by atoms with Crippen molar-refractivity contribution in [2.24, 2.45) is 5.73 Å². The summed E-state index contributed by atoms with van der Waals surface area (Å²) in [6, 6.07) is 4.18. The van der Waals surface area contributed by atoms with Crippen molar-refractivity contribution in [2.75, 3.05) is 6.54 Å². The summed E-state index contributed by atoms with van der Waals surface area (Å²) in [5.74, 6) is -0.651. The second kappa shape index (κ2) is 8.88. The highest BCUT2D eigenvalue weighted by Gasteiger charge is 2.14. The van der Waals surface area contributed by atoms with E-state index in [0.717, 1.165) is 24.8 Å². The maximum Gasteiger partial charge on any atom is 0.251 e. The van der Waals surface area contributed by atoms with Gasteiger partial charge in [0.05, 0.1) is 0 Å². The number of amides is 1. The highest BCUT2D eigenvalue weighted by molar-refractivity contribution is 5.95. The highest BCUT2D eigenvalue weighted by atomic mass is 35.5. The standard InChI is InChI=1S/C14H21FN2O.ClH/c1-3-4-5-12(9-16)17-14(18)13-8-11(15)7-6-10(13)2;/h6-8,12H,3-5,9,16H2,1-2H3,(H,17,18);1H. The van der Waals surface area contributed by atoms with Crippen LogP contribution in [-0.2, 0) is 0 Å². The monoisotopic (exact) mass is 288 g/mol. The molecule has 1 amide bonds. The number of carbonyl (C=O) groups excluding carboxylic acids is 1. The molecule has 0 aromatic heterocycles. The topological polar surface area (TPSA) is 55.1 Å². The second-order valence-electron chi connectivity index (χ2n) is 4.51. The van der Waals surface area contributed by atoms with Crippen molar-refractivity contribution >= 4 is 18.3 Å². The lowest BCUT2D eigenvalue weighted by Crippen LogP contribution is -2.40. The van der Waals surface area contributed by atoms with Gasteiger partial charge in [0.1, 0.15) is 5.82 Å². The number of unbranched alkanes of at least 4 members (excludes halogenated alkanes) is 1. The van der Waals surface area contributed by atoms with Gasteiger partial charge in [0.25, 0.3) is 5.91 Å². The zero-order valence-electron chi connectivity index (χ0n) is 11.4. The van der Waals surface area contributed by atoms with Crippen LogP contribution < -0.4 is 11.1 Å². The van der Waals surface area contributed by atoms with Crippen molar-refractivity contribution in [2.45, 2.75) is 39.2 Å². The highest BCUT2D eigenvalue weighted by Crippen LogP contribution is 2.11. The van der Waals surface area contributed by atoms with Crippen molar-refractivity contribution in [3.05, 3.63) is 35.1 Å². The summed E-state index contributed by atoms with van der Waals surface area (Å²) in [5, 5.41) is 2.86. The van der Waals surface area contributed by atoms with Gasteiger partial charge in [-0.25, -0.2) is 4.39 Å². The molecule has 0 bridgehead atoms. The maximum absolute atomic E-state index is 13.1. The molecule has 3 nitrogen and oxygen atoms in total. The lowest BCUT2D eigenvalue weighted by atomic mass is 10.1.